The second kappa shape index (κ2) is 48.0. The molecule has 12 nitrogen and oxygen atoms in total. The maximum atomic E-state index is 13.0. The van der Waals surface area contributed by atoms with Crippen molar-refractivity contribution >= 4 is 16.4 Å². The summed E-state index contributed by atoms with van der Waals surface area (Å²) in [6.07, 6.45) is 51.4. The SMILES string of the molecule is CC/C=C\C/C=C\C/C=C\C/C=C\CCCCCCCCCCCCCCC(=O)OC(COCCCCCCCCCCCCCCCCCCCC)COC1OC(CO)C(O)C(OS(=O)(=O)O)C1O. The molecular weight excluding hydrogens is 909 g/mol. The molecule has 0 aromatic carbocycles. The third-order valence-corrected chi connectivity index (χ3v) is 13.4. The van der Waals surface area contributed by atoms with E-state index in [4.69, 9.17) is 18.9 Å². The lowest BCUT2D eigenvalue weighted by Gasteiger charge is -2.41. The first kappa shape index (κ1) is 66.1. The molecule has 1 aliphatic heterocycles. The number of aliphatic hydroxyl groups excluding tert-OH is 3. The minimum absolute atomic E-state index is 0.0382. The predicted molar refractivity (Wildman–Crippen MR) is 285 cm³/mol. The molecule has 0 bridgehead atoms. The zero-order valence-electron chi connectivity index (χ0n) is 44.3. The van der Waals surface area contributed by atoms with E-state index in [1.165, 1.54) is 154 Å². The summed E-state index contributed by atoms with van der Waals surface area (Å²) >= 11 is 0. The molecule has 1 rings (SSSR count). The van der Waals surface area contributed by atoms with Crippen LogP contribution in [0.4, 0.5) is 0 Å². The number of carbonyl (C=O) groups excluding carboxylic acids is 1. The summed E-state index contributed by atoms with van der Waals surface area (Å²) < 4.78 is 59.4. The van der Waals surface area contributed by atoms with Crippen LogP contribution in [0.1, 0.15) is 245 Å². The summed E-state index contributed by atoms with van der Waals surface area (Å²) in [6, 6.07) is 0. The molecule has 0 spiro atoms. The molecule has 0 radical (unpaired) electrons. The minimum Gasteiger partial charge on any atom is -0.457 e. The van der Waals surface area contributed by atoms with Crippen LogP contribution >= 0.6 is 0 Å². The van der Waals surface area contributed by atoms with Crippen LogP contribution in [-0.2, 0) is 38.3 Å². The van der Waals surface area contributed by atoms with E-state index < -0.39 is 59.8 Å². The molecule has 13 heteroatoms. The van der Waals surface area contributed by atoms with Gasteiger partial charge in [0.25, 0.3) is 0 Å². The van der Waals surface area contributed by atoms with Gasteiger partial charge in [-0.25, -0.2) is 4.18 Å². The Morgan fingerprint density at radius 2 is 0.986 bits per heavy atom. The fraction of sp³-hybridized carbons (Fsp3) is 0.842. The summed E-state index contributed by atoms with van der Waals surface area (Å²) in [6.45, 7) is 3.93. The fourth-order valence-corrected chi connectivity index (χ4v) is 9.23. The van der Waals surface area contributed by atoms with Crippen molar-refractivity contribution in [2.75, 3.05) is 26.4 Å². The monoisotopic (exact) mass is 1010 g/mol. The van der Waals surface area contributed by atoms with E-state index in [0.717, 1.165) is 64.2 Å². The molecule has 0 aliphatic carbocycles. The number of esters is 1. The number of allylic oxidation sites excluding steroid dienone is 8. The molecule has 0 aromatic rings. The number of hydrogen-bond acceptors (Lipinski definition) is 11. The zero-order chi connectivity index (χ0) is 51.0. The van der Waals surface area contributed by atoms with Gasteiger partial charge in [-0.1, -0.05) is 236 Å². The van der Waals surface area contributed by atoms with Crippen LogP contribution in [0.3, 0.4) is 0 Å². The quantitative estimate of drug-likeness (QED) is 0.0196. The van der Waals surface area contributed by atoms with E-state index in [9.17, 15) is 33.1 Å². The van der Waals surface area contributed by atoms with Gasteiger partial charge >= 0.3 is 16.4 Å². The third-order valence-electron chi connectivity index (χ3n) is 13.0. The molecule has 410 valence electrons. The molecule has 0 amide bonds. The fourth-order valence-electron chi connectivity index (χ4n) is 8.73. The van der Waals surface area contributed by atoms with Crippen molar-refractivity contribution in [3.8, 4) is 0 Å². The van der Waals surface area contributed by atoms with Crippen molar-refractivity contribution < 1.29 is 56.2 Å². The van der Waals surface area contributed by atoms with Crippen LogP contribution in [-0.4, -0.2) is 97.5 Å². The number of rotatable bonds is 50. The van der Waals surface area contributed by atoms with Gasteiger partial charge in [0.2, 0.25) is 0 Å². The van der Waals surface area contributed by atoms with E-state index in [0.29, 0.717) is 13.0 Å². The molecule has 1 aliphatic rings. The average molecular weight is 1010 g/mol. The normalized spacial score (nSPS) is 19.4. The Labute approximate surface area is 427 Å². The first-order valence-corrected chi connectivity index (χ1v) is 29.8. The number of ether oxygens (including phenoxy) is 4. The number of carbonyl (C=O) groups is 1. The first-order valence-electron chi connectivity index (χ1n) is 28.4. The van der Waals surface area contributed by atoms with Gasteiger partial charge < -0.3 is 34.3 Å². The Hall–Kier alpha value is -1.94. The molecule has 0 aromatic heterocycles. The highest BCUT2D eigenvalue weighted by Crippen LogP contribution is 2.26. The van der Waals surface area contributed by atoms with Crippen molar-refractivity contribution in [2.24, 2.45) is 0 Å². The molecule has 1 fully saturated rings. The Balaban J connectivity index is 2.29. The highest BCUT2D eigenvalue weighted by molar-refractivity contribution is 7.80. The van der Waals surface area contributed by atoms with Crippen molar-refractivity contribution in [3.05, 3.63) is 48.6 Å². The minimum atomic E-state index is -5.07. The van der Waals surface area contributed by atoms with Crippen molar-refractivity contribution in [1.29, 1.82) is 0 Å². The van der Waals surface area contributed by atoms with Crippen molar-refractivity contribution in [2.45, 2.75) is 282 Å². The average Bonchev–Trinajstić information content (AvgIpc) is 3.34. The van der Waals surface area contributed by atoms with Crippen LogP contribution in [0.2, 0.25) is 0 Å². The van der Waals surface area contributed by atoms with Gasteiger partial charge in [0, 0.05) is 13.0 Å². The van der Waals surface area contributed by atoms with Gasteiger partial charge in [0.1, 0.15) is 30.5 Å². The third kappa shape index (κ3) is 40.5. The maximum absolute atomic E-state index is 13.0. The van der Waals surface area contributed by atoms with Crippen LogP contribution in [0.15, 0.2) is 48.6 Å². The summed E-state index contributed by atoms with van der Waals surface area (Å²) in [4.78, 5) is 13.0. The zero-order valence-corrected chi connectivity index (χ0v) is 45.1. The predicted octanol–water partition coefficient (Wildman–Crippen LogP) is 13.9. The standard InChI is InChI=1S/C57H104O12S/c1-3-5-7-9-11-13-15-17-19-21-23-24-25-26-27-28-29-30-32-34-36-38-40-42-44-46-53(59)67-51(50-66-57-55(61)56(69-70(62,63)64)54(60)52(48-58)68-57)49-65-47-45-43-41-39-37-35-33-31-22-20-18-16-14-12-10-8-6-4-2/h5,7,11,13,17,19,23-24,51-52,54-58,60-61H,3-4,6,8-10,12,14-16,18,20-22,25-50H2,1-2H3,(H,62,63,64)/b7-5-,13-11-,19-17-,24-23-. The number of unbranched alkanes of at least 4 members (excludes halogenated alkanes) is 29. The Bertz CT molecular complexity index is 1400. The van der Waals surface area contributed by atoms with Crippen LogP contribution in [0.5, 0.6) is 0 Å². The summed E-state index contributed by atoms with van der Waals surface area (Å²) in [5.74, 6) is -0.398. The first-order chi connectivity index (χ1) is 34.1. The molecule has 6 atom stereocenters. The van der Waals surface area contributed by atoms with Crippen LogP contribution < -0.4 is 0 Å². The smallest absolute Gasteiger partial charge is 0.397 e. The highest BCUT2D eigenvalue weighted by Gasteiger charge is 2.48. The highest BCUT2D eigenvalue weighted by atomic mass is 32.3. The van der Waals surface area contributed by atoms with Gasteiger partial charge in [-0.3, -0.25) is 9.35 Å². The van der Waals surface area contributed by atoms with E-state index >= 15 is 0 Å². The van der Waals surface area contributed by atoms with Crippen LogP contribution in [0.25, 0.3) is 0 Å². The summed E-state index contributed by atoms with van der Waals surface area (Å²) in [5, 5.41) is 30.8. The van der Waals surface area contributed by atoms with E-state index in [1.807, 2.05) is 0 Å². The summed E-state index contributed by atoms with van der Waals surface area (Å²) in [5.41, 5.74) is 0. The lowest BCUT2D eigenvalue weighted by atomic mass is 9.99. The molecule has 1 heterocycles. The lowest BCUT2D eigenvalue weighted by Crippen LogP contribution is -2.60. The van der Waals surface area contributed by atoms with Gasteiger partial charge in [0.05, 0.1) is 19.8 Å². The topological polar surface area (TPSA) is 178 Å². The number of hydrogen-bond donors (Lipinski definition) is 4. The van der Waals surface area contributed by atoms with Gasteiger partial charge in [-0.2, -0.15) is 8.42 Å². The molecule has 1 saturated heterocycles. The Kier molecular flexibility index (Phi) is 45.3. The molecule has 0 saturated carbocycles. The molecule has 6 unspecified atom stereocenters. The van der Waals surface area contributed by atoms with E-state index in [1.54, 1.807) is 0 Å². The van der Waals surface area contributed by atoms with Crippen molar-refractivity contribution in [1.82, 2.24) is 0 Å². The molecule has 70 heavy (non-hydrogen) atoms. The van der Waals surface area contributed by atoms with Crippen LogP contribution in [0, 0.1) is 0 Å². The lowest BCUT2D eigenvalue weighted by molar-refractivity contribution is -0.301. The van der Waals surface area contributed by atoms with E-state index in [-0.39, 0.29) is 19.6 Å². The number of aliphatic hydroxyl groups is 3. The molecule has 4 N–H and O–H groups in total. The largest absolute Gasteiger partial charge is 0.457 e. The van der Waals surface area contributed by atoms with E-state index in [2.05, 4.69) is 66.6 Å². The molecular formula is C57H104O12S. The van der Waals surface area contributed by atoms with Crippen molar-refractivity contribution in [3.63, 3.8) is 0 Å². The van der Waals surface area contributed by atoms with Gasteiger partial charge in [-0.15, -0.1) is 0 Å². The maximum Gasteiger partial charge on any atom is 0.397 e. The second-order valence-corrected chi connectivity index (χ2v) is 20.6. The van der Waals surface area contributed by atoms with Gasteiger partial charge in [0.15, 0.2) is 6.29 Å². The van der Waals surface area contributed by atoms with Gasteiger partial charge in [-0.05, 0) is 51.4 Å². The summed E-state index contributed by atoms with van der Waals surface area (Å²) in [7, 11) is -5.07. The Morgan fingerprint density at radius 1 is 0.557 bits per heavy atom. The second-order valence-electron chi connectivity index (χ2n) is 19.5. The Morgan fingerprint density at radius 3 is 1.44 bits per heavy atom.